The molecule has 0 aromatic heterocycles. The molecule has 138 valence electrons. The van der Waals surface area contributed by atoms with E-state index in [2.05, 4.69) is 63.3 Å². The normalized spacial score (nSPS) is 18.1. The van der Waals surface area contributed by atoms with Crippen molar-refractivity contribution in [2.75, 3.05) is 5.75 Å². The molecule has 0 saturated heterocycles. The lowest BCUT2D eigenvalue weighted by molar-refractivity contribution is -0.118. The van der Waals surface area contributed by atoms with Crippen molar-refractivity contribution in [2.45, 2.75) is 66.1 Å². The van der Waals surface area contributed by atoms with Gasteiger partial charge in [-0.1, -0.05) is 50.1 Å². The molecule has 1 amide bonds. The molecule has 1 N–H and O–H groups in total. The summed E-state index contributed by atoms with van der Waals surface area (Å²) >= 11 is 1.64. The number of hydrogen-bond donors (Lipinski definition) is 1. The summed E-state index contributed by atoms with van der Waals surface area (Å²) < 4.78 is 0. The van der Waals surface area contributed by atoms with Crippen LogP contribution >= 0.6 is 11.8 Å². The molecule has 2 rings (SSSR count). The Hall–Kier alpha value is -1.29. The van der Waals surface area contributed by atoms with E-state index in [1.807, 2.05) is 0 Å². The predicted molar refractivity (Wildman–Crippen MR) is 109 cm³/mol. The Morgan fingerprint density at radius 2 is 1.76 bits per heavy atom. The summed E-state index contributed by atoms with van der Waals surface area (Å²) in [5.74, 6) is 2.07. The maximum atomic E-state index is 12.0. The minimum atomic E-state index is -0.000167. The van der Waals surface area contributed by atoms with Crippen LogP contribution in [0.3, 0.4) is 0 Å². The first-order valence-corrected chi connectivity index (χ1v) is 10.4. The molecule has 25 heavy (non-hydrogen) atoms. The van der Waals surface area contributed by atoms with Crippen LogP contribution in [0, 0.1) is 25.2 Å². The first kappa shape index (κ1) is 20.0. The van der Waals surface area contributed by atoms with E-state index in [1.54, 1.807) is 11.8 Å². The standard InChI is InChI=1S/C21H32N2OS/c1-15-10-16(2)12-17(11-15)13-25-14-20(24)23-22-19-8-6-18(7-9-19)21(3,4)5/h10-12,18H,6-9,13-14H2,1-5H3,(H,23,24). The molecule has 0 unspecified atom stereocenters. The maximum absolute atomic E-state index is 12.0. The minimum Gasteiger partial charge on any atom is -0.272 e. The number of rotatable bonds is 5. The summed E-state index contributed by atoms with van der Waals surface area (Å²) in [4.78, 5) is 12.0. The smallest absolute Gasteiger partial charge is 0.250 e. The number of carbonyl (C=O) groups is 1. The topological polar surface area (TPSA) is 41.5 Å². The molecule has 1 aliphatic carbocycles. The van der Waals surface area contributed by atoms with E-state index in [4.69, 9.17) is 0 Å². The summed E-state index contributed by atoms with van der Waals surface area (Å²) in [7, 11) is 0. The first-order chi connectivity index (χ1) is 11.7. The van der Waals surface area contributed by atoms with Gasteiger partial charge in [-0.25, -0.2) is 5.43 Å². The van der Waals surface area contributed by atoms with E-state index in [0.717, 1.165) is 30.2 Å². The zero-order valence-electron chi connectivity index (χ0n) is 16.3. The zero-order valence-corrected chi connectivity index (χ0v) is 17.1. The number of hydrogen-bond acceptors (Lipinski definition) is 3. The number of hydrazone groups is 1. The summed E-state index contributed by atoms with van der Waals surface area (Å²) in [6.45, 7) is 11.2. The fourth-order valence-corrected chi connectivity index (χ4v) is 4.27. The quantitative estimate of drug-likeness (QED) is 0.729. The maximum Gasteiger partial charge on any atom is 0.250 e. The molecule has 0 aliphatic heterocycles. The third-order valence-electron chi connectivity index (χ3n) is 4.91. The molecule has 1 aliphatic rings. The van der Waals surface area contributed by atoms with Crippen molar-refractivity contribution in [1.29, 1.82) is 0 Å². The Morgan fingerprint density at radius 3 is 2.32 bits per heavy atom. The van der Waals surface area contributed by atoms with Gasteiger partial charge in [0, 0.05) is 11.5 Å². The highest BCUT2D eigenvalue weighted by Gasteiger charge is 2.28. The van der Waals surface area contributed by atoms with Gasteiger partial charge in [-0.05, 0) is 56.4 Å². The lowest BCUT2D eigenvalue weighted by Gasteiger charge is -2.34. The number of thioether (sulfide) groups is 1. The molecule has 0 atom stereocenters. The van der Waals surface area contributed by atoms with E-state index < -0.39 is 0 Å². The molecule has 1 aromatic carbocycles. The van der Waals surface area contributed by atoms with Crippen LogP contribution in [0.25, 0.3) is 0 Å². The van der Waals surface area contributed by atoms with Gasteiger partial charge in [0.05, 0.1) is 5.75 Å². The molecule has 1 saturated carbocycles. The summed E-state index contributed by atoms with van der Waals surface area (Å²) in [6, 6.07) is 6.54. The molecule has 1 aromatic rings. The molecule has 0 spiro atoms. The highest BCUT2D eigenvalue weighted by atomic mass is 32.2. The number of aryl methyl sites for hydroxylation is 2. The van der Waals surface area contributed by atoms with E-state index in [1.165, 1.54) is 29.5 Å². The SMILES string of the molecule is Cc1cc(C)cc(CSCC(=O)NN=C2CCC(C(C)(C)C)CC2)c1. The summed E-state index contributed by atoms with van der Waals surface area (Å²) in [6.07, 6.45) is 4.38. The van der Waals surface area contributed by atoms with Crippen LogP contribution in [-0.2, 0) is 10.5 Å². The van der Waals surface area contributed by atoms with Crippen molar-refractivity contribution in [1.82, 2.24) is 5.43 Å². The summed E-state index contributed by atoms with van der Waals surface area (Å²) in [5.41, 5.74) is 8.09. The number of nitrogens with one attached hydrogen (secondary N) is 1. The Bertz CT molecular complexity index is 601. The second-order valence-electron chi connectivity index (χ2n) is 8.34. The third-order valence-corrected chi connectivity index (χ3v) is 5.91. The van der Waals surface area contributed by atoms with Crippen molar-refractivity contribution < 1.29 is 4.79 Å². The summed E-state index contributed by atoms with van der Waals surface area (Å²) in [5, 5.41) is 4.36. The van der Waals surface area contributed by atoms with Crippen LogP contribution in [0.1, 0.15) is 63.1 Å². The van der Waals surface area contributed by atoms with Crippen LogP contribution in [0.4, 0.5) is 0 Å². The zero-order chi connectivity index (χ0) is 18.4. The van der Waals surface area contributed by atoms with Gasteiger partial charge in [0.25, 0.3) is 0 Å². The molecule has 1 fully saturated rings. The average molecular weight is 361 g/mol. The van der Waals surface area contributed by atoms with Crippen molar-refractivity contribution in [3.05, 3.63) is 34.9 Å². The third kappa shape index (κ3) is 6.85. The van der Waals surface area contributed by atoms with Crippen LogP contribution in [0.5, 0.6) is 0 Å². The fraction of sp³-hybridized carbons (Fsp3) is 0.619. The molecular formula is C21H32N2OS. The van der Waals surface area contributed by atoms with Gasteiger partial charge >= 0.3 is 0 Å². The molecule has 0 heterocycles. The van der Waals surface area contributed by atoms with Gasteiger partial charge < -0.3 is 0 Å². The fourth-order valence-electron chi connectivity index (χ4n) is 3.52. The van der Waals surface area contributed by atoms with Crippen molar-refractivity contribution in [3.8, 4) is 0 Å². The predicted octanol–water partition coefficient (Wildman–Crippen LogP) is 5.25. The van der Waals surface area contributed by atoms with Gasteiger partial charge in [-0.15, -0.1) is 11.8 Å². The van der Waals surface area contributed by atoms with Gasteiger partial charge in [0.15, 0.2) is 0 Å². The Kier molecular flexibility index (Phi) is 7.12. The lowest BCUT2D eigenvalue weighted by atomic mass is 9.72. The van der Waals surface area contributed by atoms with Gasteiger partial charge in [0.2, 0.25) is 5.91 Å². The molecule has 3 nitrogen and oxygen atoms in total. The Balaban J connectivity index is 1.70. The highest BCUT2D eigenvalue weighted by Crippen LogP contribution is 2.36. The van der Waals surface area contributed by atoms with Gasteiger partial charge in [-0.2, -0.15) is 5.10 Å². The molecule has 0 bridgehead atoms. The van der Waals surface area contributed by atoms with Crippen molar-refractivity contribution >= 4 is 23.4 Å². The molecular weight excluding hydrogens is 328 g/mol. The van der Waals surface area contributed by atoms with Crippen molar-refractivity contribution in [3.63, 3.8) is 0 Å². The lowest BCUT2D eigenvalue weighted by Crippen LogP contribution is -2.28. The second kappa shape index (κ2) is 8.88. The van der Waals surface area contributed by atoms with Gasteiger partial charge in [-0.3, -0.25) is 4.79 Å². The van der Waals surface area contributed by atoms with Crippen LogP contribution in [-0.4, -0.2) is 17.4 Å². The van der Waals surface area contributed by atoms with E-state index >= 15 is 0 Å². The van der Waals surface area contributed by atoms with E-state index in [0.29, 0.717) is 11.2 Å². The monoisotopic (exact) mass is 360 g/mol. The Labute approximate surface area is 157 Å². The number of benzene rings is 1. The van der Waals surface area contributed by atoms with Crippen LogP contribution in [0.15, 0.2) is 23.3 Å². The first-order valence-electron chi connectivity index (χ1n) is 9.23. The Morgan fingerprint density at radius 1 is 1.16 bits per heavy atom. The van der Waals surface area contributed by atoms with E-state index in [-0.39, 0.29) is 5.91 Å². The minimum absolute atomic E-state index is 0.000167. The number of amides is 1. The van der Waals surface area contributed by atoms with Gasteiger partial charge in [0.1, 0.15) is 0 Å². The second-order valence-corrected chi connectivity index (χ2v) is 9.33. The average Bonchev–Trinajstić information content (AvgIpc) is 2.51. The van der Waals surface area contributed by atoms with Crippen molar-refractivity contribution in [2.24, 2.45) is 16.4 Å². The highest BCUT2D eigenvalue weighted by molar-refractivity contribution is 7.99. The largest absolute Gasteiger partial charge is 0.272 e. The van der Waals surface area contributed by atoms with E-state index in [9.17, 15) is 4.79 Å². The number of carbonyl (C=O) groups excluding carboxylic acids is 1. The molecule has 4 heteroatoms. The molecule has 0 radical (unpaired) electrons. The van der Waals surface area contributed by atoms with Crippen LogP contribution in [0.2, 0.25) is 0 Å². The van der Waals surface area contributed by atoms with Crippen LogP contribution < -0.4 is 5.43 Å². The number of nitrogens with zero attached hydrogens (tertiary/aromatic N) is 1.